The topological polar surface area (TPSA) is 43.6 Å². The third-order valence-electron chi connectivity index (χ3n) is 9.10. The van der Waals surface area contributed by atoms with Gasteiger partial charge in [0.15, 0.2) is 17.5 Å². The van der Waals surface area contributed by atoms with Gasteiger partial charge in [-0.25, -0.2) is 15.0 Å². The van der Waals surface area contributed by atoms with Gasteiger partial charge in [0, 0.05) is 33.0 Å². The maximum Gasteiger partial charge on any atom is 0.164 e. The molecule has 4 nitrogen and oxygen atoms in total. The molecule has 0 aliphatic rings. The molecule has 0 aliphatic carbocycles. The second-order valence-electron chi connectivity index (χ2n) is 12.1. The number of benzene rings is 7. The number of hydrogen-bond donors (Lipinski definition) is 0. The van der Waals surface area contributed by atoms with Crippen LogP contribution in [0.5, 0.6) is 0 Å². The van der Waals surface area contributed by atoms with E-state index in [1.807, 2.05) is 60.7 Å². The standard InChI is InChI=1S/C45H30N4/c1-3-13-34(14-4-1)43-46-44(35-15-5-2-6-16-35)48-45(47-43)36-29-25-32(26-30-36)31-23-27-33(28-24-31)37-17-7-10-20-40(37)49-41-21-11-8-18-38(41)39-19-9-12-22-42(39)49/h1-30H. The summed E-state index contributed by atoms with van der Waals surface area (Å²) >= 11 is 0. The molecule has 9 aromatic rings. The van der Waals surface area contributed by atoms with Crippen LogP contribution in [0.3, 0.4) is 0 Å². The predicted molar refractivity (Wildman–Crippen MR) is 201 cm³/mol. The van der Waals surface area contributed by atoms with E-state index in [0.29, 0.717) is 17.5 Å². The third kappa shape index (κ3) is 5.26. The molecular formula is C45H30N4. The Morgan fingerprint density at radius 3 is 1.16 bits per heavy atom. The van der Waals surface area contributed by atoms with Crippen LogP contribution in [-0.4, -0.2) is 19.5 Å². The van der Waals surface area contributed by atoms with Gasteiger partial charge in [-0.1, -0.05) is 164 Å². The summed E-state index contributed by atoms with van der Waals surface area (Å²) in [7, 11) is 0. The number of hydrogen-bond acceptors (Lipinski definition) is 3. The molecule has 0 radical (unpaired) electrons. The molecule has 0 spiro atoms. The first kappa shape index (κ1) is 28.6. The van der Waals surface area contributed by atoms with Gasteiger partial charge in [0.25, 0.3) is 0 Å². The van der Waals surface area contributed by atoms with Crippen molar-refractivity contribution in [3.8, 4) is 62.1 Å². The molecule has 4 heteroatoms. The zero-order valence-electron chi connectivity index (χ0n) is 26.6. The SMILES string of the molecule is c1ccc(-c2nc(-c3ccccc3)nc(-c3ccc(-c4ccc(-c5ccccc5-n5c6ccccc6c6ccccc65)cc4)cc3)n2)cc1. The maximum absolute atomic E-state index is 4.89. The number of fused-ring (bicyclic) bond motifs is 3. The van der Waals surface area contributed by atoms with E-state index in [0.717, 1.165) is 27.8 Å². The monoisotopic (exact) mass is 626 g/mol. The minimum atomic E-state index is 0.649. The molecule has 0 atom stereocenters. The molecule has 0 saturated carbocycles. The van der Waals surface area contributed by atoms with Crippen LogP contribution in [0, 0.1) is 0 Å². The Bertz CT molecular complexity index is 2460. The first-order valence-electron chi connectivity index (χ1n) is 16.5. The fourth-order valence-electron chi connectivity index (χ4n) is 6.69. The van der Waals surface area contributed by atoms with Crippen molar-refractivity contribution >= 4 is 21.8 Å². The van der Waals surface area contributed by atoms with E-state index in [1.54, 1.807) is 0 Å². The van der Waals surface area contributed by atoms with Crippen LogP contribution < -0.4 is 0 Å². The number of para-hydroxylation sites is 3. The summed E-state index contributed by atoms with van der Waals surface area (Å²) in [6.07, 6.45) is 0. The summed E-state index contributed by atoms with van der Waals surface area (Å²) in [6.45, 7) is 0. The molecule has 230 valence electrons. The highest BCUT2D eigenvalue weighted by atomic mass is 15.0. The molecule has 0 saturated heterocycles. The van der Waals surface area contributed by atoms with E-state index in [1.165, 1.54) is 38.6 Å². The van der Waals surface area contributed by atoms with Crippen LogP contribution in [0.15, 0.2) is 182 Å². The zero-order chi connectivity index (χ0) is 32.6. The van der Waals surface area contributed by atoms with E-state index in [4.69, 9.17) is 15.0 Å². The van der Waals surface area contributed by atoms with Crippen LogP contribution in [0.25, 0.3) is 83.9 Å². The minimum Gasteiger partial charge on any atom is -0.309 e. The summed E-state index contributed by atoms with van der Waals surface area (Å²) in [5, 5.41) is 2.52. The first-order chi connectivity index (χ1) is 24.3. The summed E-state index contributed by atoms with van der Waals surface area (Å²) < 4.78 is 2.39. The van der Waals surface area contributed by atoms with Gasteiger partial charge in [-0.2, -0.15) is 0 Å². The Morgan fingerprint density at radius 2 is 0.653 bits per heavy atom. The third-order valence-corrected chi connectivity index (χ3v) is 9.10. The second-order valence-corrected chi connectivity index (χ2v) is 12.1. The molecule has 2 heterocycles. The smallest absolute Gasteiger partial charge is 0.164 e. The van der Waals surface area contributed by atoms with Crippen LogP contribution in [0.2, 0.25) is 0 Å². The highest BCUT2D eigenvalue weighted by molar-refractivity contribution is 6.09. The van der Waals surface area contributed by atoms with E-state index >= 15 is 0 Å². The Kier molecular flexibility index (Phi) is 7.10. The lowest BCUT2D eigenvalue weighted by Crippen LogP contribution is -2.00. The summed E-state index contributed by atoms with van der Waals surface area (Å²) in [5.74, 6) is 1.96. The predicted octanol–water partition coefficient (Wildman–Crippen LogP) is 11.3. The van der Waals surface area contributed by atoms with Crippen molar-refractivity contribution < 1.29 is 0 Å². The highest BCUT2D eigenvalue weighted by Crippen LogP contribution is 2.37. The van der Waals surface area contributed by atoms with E-state index in [2.05, 4.69) is 126 Å². The lowest BCUT2D eigenvalue weighted by molar-refractivity contribution is 1.07. The molecule has 0 aliphatic heterocycles. The second kappa shape index (κ2) is 12.2. The van der Waals surface area contributed by atoms with Crippen LogP contribution >= 0.6 is 0 Å². The van der Waals surface area contributed by atoms with E-state index in [9.17, 15) is 0 Å². The van der Waals surface area contributed by atoms with Crippen molar-refractivity contribution in [2.75, 3.05) is 0 Å². The van der Waals surface area contributed by atoms with Gasteiger partial charge in [0.05, 0.1) is 16.7 Å². The lowest BCUT2D eigenvalue weighted by Gasteiger charge is -2.14. The zero-order valence-corrected chi connectivity index (χ0v) is 26.6. The number of aromatic nitrogens is 4. The van der Waals surface area contributed by atoms with Crippen molar-refractivity contribution in [3.05, 3.63) is 182 Å². The van der Waals surface area contributed by atoms with E-state index in [-0.39, 0.29) is 0 Å². The minimum absolute atomic E-state index is 0.649. The van der Waals surface area contributed by atoms with Gasteiger partial charge in [-0.3, -0.25) is 0 Å². The first-order valence-corrected chi connectivity index (χ1v) is 16.5. The Labute approximate surface area is 284 Å². The fourth-order valence-corrected chi connectivity index (χ4v) is 6.69. The van der Waals surface area contributed by atoms with Gasteiger partial charge in [0.1, 0.15) is 0 Å². The average Bonchev–Trinajstić information content (AvgIpc) is 3.53. The molecule has 9 rings (SSSR count). The maximum atomic E-state index is 4.89. The summed E-state index contributed by atoms with van der Waals surface area (Å²) in [6, 6.07) is 63.4. The van der Waals surface area contributed by atoms with Crippen LogP contribution in [0.4, 0.5) is 0 Å². The Hall–Kier alpha value is -6.65. The quantitative estimate of drug-likeness (QED) is 0.184. The fraction of sp³-hybridized carbons (Fsp3) is 0. The summed E-state index contributed by atoms with van der Waals surface area (Å²) in [5.41, 5.74) is 11.1. The molecular weight excluding hydrogens is 597 g/mol. The van der Waals surface area contributed by atoms with Crippen molar-refractivity contribution in [2.24, 2.45) is 0 Å². The molecule has 0 bridgehead atoms. The molecule has 0 fully saturated rings. The number of rotatable bonds is 6. The van der Waals surface area contributed by atoms with Crippen molar-refractivity contribution in [1.82, 2.24) is 19.5 Å². The molecule has 7 aromatic carbocycles. The van der Waals surface area contributed by atoms with Gasteiger partial charge < -0.3 is 4.57 Å². The largest absolute Gasteiger partial charge is 0.309 e. The normalized spacial score (nSPS) is 11.3. The molecule has 2 aromatic heterocycles. The lowest BCUT2D eigenvalue weighted by atomic mass is 9.98. The van der Waals surface area contributed by atoms with E-state index < -0.39 is 0 Å². The Morgan fingerprint density at radius 1 is 0.286 bits per heavy atom. The average molecular weight is 627 g/mol. The highest BCUT2D eigenvalue weighted by Gasteiger charge is 2.16. The van der Waals surface area contributed by atoms with Gasteiger partial charge in [-0.15, -0.1) is 0 Å². The van der Waals surface area contributed by atoms with Crippen LogP contribution in [-0.2, 0) is 0 Å². The molecule has 0 unspecified atom stereocenters. The van der Waals surface area contributed by atoms with Crippen molar-refractivity contribution in [1.29, 1.82) is 0 Å². The molecule has 49 heavy (non-hydrogen) atoms. The van der Waals surface area contributed by atoms with Crippen molar-refractivity contribution in [3.63, 3.8) is 0 Å². The van der Waals surface area contributed by atoms with Gasteiger partial charge >= 0.3 is 0 Å². The summed E-state index contributed by atoms with van der Waals surface area (Å²) in [4.78, 5) is 14.6. The van der Waals surface area contributed by atoms with Gasteiger partial charge in [-0.05, 0) is 34.9 Å². The molecule has 0 N–H and O–H groups in total. The van der Waals surface area contributed by atoms with Crippen LogP contribution in [0.1, 0.15) is 0 Å². The van der Waals surface area contributed by atoms with Gasteiger partial charge in [0.2, 0.25) is 0 Å². The Balaban J connectivity index is 1.06. The van der Waals surface area contributed by atoms with Crippen molar-refractivity contribution in [2.45, 2.75) is 0 Å². The molecule has 0 amide bonds. The number of nitrogens with zero attached hydrogens (tertiary/aromatic N) is 4.